The molecule has 0 bridgehead atoms. The summed E-state index contributed by atoms with van der Waals surface area (Å²) in [4.78, 5) is 4.31. The molecule has 1 aromatic rings. The third-order valence-electron chi connectivity index (χ3n) is 2.18. The Hall–Kier alpha value is -1.16. The molecule has 0 saturated carbocycles. The molecule has 0 fully saturated rings. The summed E-state index contributed by atoms with van der Waals surface area (Å²) >= 11 is 1.55. The van der Waals surface area contributed by atoms with Gasteiger partial charge in [-0.15, -0.1) is 0 Å². The highest BCUT2D eigenvalue weighted by molar-refractivity contribution is 8.13. The zero-order chi connectivity index (χ0) is 12.7. The van der Waals surface area contributed by atoms with E-state index in [0.29, 0.717) is 11.1 Å². The smallest absolute Gasteiger partial charge is 0.154 e. The van der Waals surface area contributed by atoms with Gasteiger partial charge in [0.1, 0.15) is 5.75 Å². The SMILES string of the molecule is COc1ccccc1CSC(N)=NCC(C)C. The van der Waals surface area contributed by atoms with Crippen molar-refractivity contribution in [3.05, 3.63) is 29.8 Å². The van der Waals surface area contributed by atoms with E-state index < -0.39 is 0 Å². The first-order valence-corrected chi connectivity index (χ1v) is 6.66. The number of hydrogen-bond acceptors (Lipinski definition) is 3. The van der Waals surface area contributed by atoms with Gasteiger partial charge in [-0.2, -0.15) is 0 Å². The summed E-state index contributed by atoms with van der Waals surface area (Å²) in [6.45, 7) is 5.04. The van der Waals surface area contributed by atoms with E-state index in [1.807, 2.05) is 24.3 Å². The van der Waals surface area contributed by atoms with E-state index in [4.69, 9.17) is 10.5 Å². The largest absolute Gasteiger partial charge is 0.496 e. The first kappa shape index (κ1) is 13.9. The number of thioether (sulfide) groups is 1. The van der Waals surface area contributed by atoms with Crippen molar-refractivity contribution in [1.29, 1.82) is 0 Å². The standard InChI is InChI=1S/C13H20N2OS/c1-10(2)8-15-13(14)17-9-11-6-4-5-7-12(11)16-3/h4-7,10H,8-9H2,1-3H3,(H2,14,15). The lowest BCUT2D eigenvalue weighted by atomic mass is 10.2. The summed E-state index contributed by atoms with van der Waals surface area (Å²) in [5, 5.41) is 0.643. The quantitative estimate of drug-likeness (QED) is 0.647. The molecule has 0 atom stereocenters. The molecule has 0 aliphatic carbocycles. The summed E-state index contributed by atoms with van der Waals surface area (Å²) in [6.07, 6.45) is 0. The molecule has 0 spiro atoms. The monoisotopic (exact) mass is 252 g/mol. The minimum atomic E-state index is 0.542. The van der Waals surface area contributed by atoms with Crippen LogP contribution in [-0.2, 0) is 5.75 Å². The molecular weight excluding hydrogens is 232 g/mol. The normalized spacial score (nSPS) is 11.9. The highest BCUT2D eigenvalue weighted by Crippen LogP contribution is 2.22. The minimum absolute atomic E-state index is 0.542. The second-order valence-corrected chi connectivity index (χ2v) is 5.17. The van der Waals surface area contributed by atoms with Gasteiger partial charge in [-0.3, -0.25) is 4.99 Å². The van der Waals surface area contributed by atoms with Crippen molar-refractivity contribution in [3.8, 4) is 5.75 Å². The first-order valence-electron chi connectivity index (χ1n) is 5.68. The van der Waals surface area contributed by atoms with E-state index in [2.05, 4.69) is 18.8 Å². The molecule has 2 N–H and O–H groups in total. The van der Waals surface area contributed by atoms with Crippen LogP contribution < -0.4 is 10.5 Å². The molecule has 0 amide bonds. The number of rotatable bonds is 5. The maximum Gasteiger partial charge on any atom is 0.154 e. The number of benzene rings is 1. The van der Waals surface area contributed by atoms with Crippen molar-refractivity contribution < 1.29 is 4.74 Å². The molecule has 0 aliphatic heterocycles. The van der Waals surface area contributed by atoms with Crippen LogP contribution in [0.25, 0.3) is 0 Å². The van der Waals surface area contributed by atoms with Crippen LogP contribution in [0.2, 0.25) is 0 Å². The zero-order valence-electron chi connectivity index (χ0n) is 10.6. The first-order chi connectivity index (χ1) is 8.13. The summed E-state index contributed by atoms with van der Waals surface area (Å²) in [6, 6.07) is 7.96. The summed E-state index contributed by atoms with van der Waals surface area (Å²) in [5.74, 6) is 2.23. The molecule has 3 nitrogen and oxygen atoms in total. The van der Waals surface area contributed by atoms with Crippen molar-refractivity contribution in [2.24, 2.45) is 16.6 Å². The fraction of sp³-hybridized carbons (Fsp3) is 0.462. The molecule has 0 aromatic heterocycles. The molecule has 94 valence electrons. The van der Waals surface area contributed by atoms with E-state index in [1.54, 1.807) is 18.9 Å². The summed E-state index contributed by atoms with van der Waals surface area (Å²) in [7, 11) is 1.68. The van der Waals surface area contributed by atoms with Crippen molar-refractivity contribution in [2.45, 2.75) is 19.6 Å². The second kappa shape index (κ2) is 7.22. The molecule has 1 aromatic carbocycles. The van der Waals surface area contributed by atoms with Crippen LogP contribution in [0.15, 0.2) is 29.3 Å². The maximum atomic E-state index is 5.83. The van der Waals surface area contributed by atoms with Gasteiger partial charge in [-0.05, 0) is 12.0 Å². The van der Waals surface area contributed by atoms with Gasteiger partial charge < -0.3 is 10.5 Å². The van der Waals surface area contributed by atoms with Gasteiger partial charge in [0, 0.05) is 17.9 Å². The number of nitrogens with zero attached hydrogens (tertiary/aromatic N) is 1. The summed E-state index contributed by atoms with van der Waals surface area (Å²) < 4.78 is 5.28. The van der Waals surface area contributed by atoms with Crippen LogP contribution in [0, 0.1) is 5.92 Å². The third-order valence-corrected chi connectivity index (χ3v) is 3.06. The van der Waals surface area contributed by atoms with Gasteiger partial charge in [-0.1, -0.05) is 43.8 Å². The van der Waals surface area contributed by atoms with E-state index in [0.717, 1.165) is 23.6 Å². The lowest BCUT2D eigenvalue weighted by Gasteiger charge is -2.07. The van der Waals surface area contributed by atoms with Crippen LogP contribution in [-0.4, -0.2) is 18.8 Å². The van der Waals surface area contributed by atoms with Crippen molar-refractivity contribution in [3.63, 3.8) is 0 Å². The fourth-order valence-electron chi connectivity index (χ4n) is 1.29. The van der Waals surface area contributed by atoms with Crippen molar-refractivity contribution in [2.75, 3.05) is 13.7 Å². The fourth-order valence-corrected chi connectivity index (χ4v) is 2.00. The molecule has 0 saturated heterocycles. The van der Waals surface area contributed by atoms with Crippen molar-refractivity contribution >= 4 is 16.9 Å². The highest BCUT2D eigenvalue weighted by Gasteiger charge is 2.03. The van der Waals surface area contributed by atoms with E-state index >= 15 is 0 Å². The van der Waals surface area contributed by atoms with Crippen molar-refractivity contribution in [1.82, 2.24) is 0 Å². The van der Waals surface area contributed by atoms with Crippen LogP contribution in [0.3, 0.4) is 0 Å². The second-order valence-electron chi connectivity index (χ2n) is 4.17. The number of aliphatic imine (C=N–C) groups is 1. The topological polar surface area (TPSA) is 47.6 Å². The Labute approximate surface area is 107 Å². The summed E-state index contributed by atoms with van der Waals surface area (Å²) in [5.41, 5.74) is 6.97. The Kier molecular flexibility index (Phi) is 5.91. The molecule has 1 rings (SSSR count). The molecule has 4 heteroatoms. The predicted octanol–water partition coefficient (Wildman–Crippen LogP) is 2.90. The van der Waals surface area contributed by atoms with E-state index in [1.165, 1.54) is 0 Å². The Morgan fingerprint density at radius 1 is 1.41 bits per heavy atom. The maximum absolute atomic E-state index is 5.83. The lowest BCUT2D eigenvalue weighted by molar-refractivity contribution is 0.411. The Balaban J connectivity index is 2.52. The van der Waals surface area contributed by atoms with Gasteiger partial charge >= 0.3 is 0 Å². The van der Waals surface area contributed by atoms with Gasteiger partial charge in [-0.25, -0.2) is 0 Å². The Morgan fingerprint density at radius 2 is 2.12 bits per heavy atom. The Bertz CT molecular complexity index is 377. The van der Waals surface area contributed by atoms with Gasteiger partial charge in [0.2, 0.25) is 0 Å². The average molecular weight is 252 g/mol. The minimum Gasteiger partial charge on any atom is -0.496 e. The van der Waals surface area contributed by atoms with Crippen LogP contribution >= 0.6 is 11.8 Å². The number of nitrogens with two attached hydrogens (primary N) is 1. The Morgan fingerprint density at radius 3 is 2.76 bits per heavy atom. The van der Waals surface area contributed by atoms with Crippen LogP contribution in [0.4, 0.5) is 0 Å². The highest BCUT2D eigenvalue weighted by atomic mass is 32.2. The molecule has 0 unspecified atom stereocenters. The molecule has 0 aliphatic rings. The number of methoxy groups -OCH3 is 1. The van der Waals surface area contributed by atoms with E-state index in [-0.39, 0.29) is 0 Å². The predicted molar refractivity (Wildman–Crippen MR) is 75.6 cm³/mol. The average Bonchev–Trinajstić information content (AvgIpc) is 2.34. The third kappa shape index (κ3) is 5.13. The van der Waals surface area contributed by atoms with Gasteiger partial charge in [0.15, 0.2) is 5.17 Å². The van der Waals surface area contributed by atoms with Gasteiger partial charge in [0.25, 0.3) is 0 Å². The number of para-hydroxylation sites is 1. The zero-order valence-corrected chi connectivity index (χ0v) is 11.5. The van der Waals surface area contributed by atoms with Crippen LogP contribution in [0.5, 0.6) is 5.75 Å². The molecule has 0 heterocycles. The molecule has 0 radical (unpaired) electrons. The number of amidine groups is 1. The number of ether oxygens (including phenoxy) is 1. The lowest BCUT2D eigenvalue weighted by Crippen LogP contribution is -2.09. The molecular formula is C13H20N2OS. The van der Waals surface area contributed by atoms with Gasteiger partial charge in [0.05, 0.1) is 7.11 Å². The number of hydrogen-bond donors (Lipinski definition) is 1. The van der Waals surface area contributed by atoms with E-state index in [9.17, 15) is 0 Å². The van der Waals surface area contributed by atoms with Crippen LogP contribution in [0.1, 0.15) is 19.4 Å². The molecule has 17 heavy (non-hydrogen) atoms.